The number of hydrogen-bond donors (Lipinski definition) is 3. The van der Waals surface area contributed by atoms with E-state index in [9.17, 15) is 19.2 Å². The molecule has 11 heteroatoms. The Bertz CT molecular complexity index is 1240. The predicted molar refractivity (Wildman–Crippen MR) is 134 cm³/mol. The number of ether oxygens (including phenoxy) is 3. The van der Waals surface area contributed by atoms with E-state index in [4.69, 9.17) is 19.9 Å². The zero-order chi connectivity index (χ0) is 26.6. The maximum absolute atomic E-state index is 13.2. The number of carbonyl (C=O) groups is 4. The fraction of sp³-hybridized carbons (Fsp3) is 0.407. The number of rotatable bonds is 8. The summed E-state index contributed by atoms with van der Waals surface area (Å²) in [6.07, 6.45) is 0.456. The largest absolute Gasteiger partial charge is 0.488 e. The third-order valence-corrected chi connectivity index (χ3v) is 6.99. The summed E-state index contributed by atoms with van der Waals surface area (Å²) >= 11 is 0. The van der Waals surface area contributed by atoms with Crippen LogP contribution in [0, 0.1) is 0 Å². The van der Waals surface area contributed by atoms with Crippen LogP contribution in [-0.4, -0.2) is 60.6 Å². The van der Waals surface area contributed by atoms with Crippen LogP contribution in [0.4, 0.5) is 4.79 Å². The molecule has 5 rings (SSSR count). The van der Waals surface area contributed by atoms with Crippen molar-refractivity contribution in [2.75, 3.05) is 19.7 Å². The molecule has 3 heterocycles. The van der Waals surface area contributed by atoms with Gasteiger partial charge in [0.2, 0.25) is 11.8 Å². The van der Waals surface area contributed by atoms with Crippen LogP contribution in [0.15, 0.2) is 36.4 Å². The Labute approximate surface area is 219 Å². The van der Waals surface area contributed by atoms with Crippen LogP contribution in [0.5, 0.6) is 5.75 Å². The van der Waals surface area contributed by atoms with Gasteiger partial charge in [0.05, 0.1) is 19.3 Å². The Morgan fingerprint density at radius 2 is 1.87 bits per heavy atom. The van der Waals surface area contributed by atoms with E-state index in [2.05, 4.69) is 10.6 Å². The van der Waals surface area contributed by atoms with Crippen molar-refractivity contribution < 1.29 is 33.4 Å². The summed E-state index contributed by atoms with van der Waals surface area (Å²) in [5.41, 5.74) is 8.81. The molecule has 4 amide bonds. The lowest BCUT2D eigenvalue weighted by Gasteiger charge is -2.29. The standard InChI is InChI=1S/C27H30N4O7/c28-27(35)38-15-18-5-6-20-21(13-31(26(20)34)22-7-8-23(32)30-25(22)33)24(18)37-14-17-3-1-16(2-4-17)11-19-12-29-9-10-36-19/h1-6,19,22,29H,7-15H2,(H2,28,35)(H,30,32,33). The van der Waals surface area contributed by atoms with Crippen molar-refractivity contribution in [1.29, 1.82) is 0 Å². The first-order valence-corrected chi connectivity index (χ1v) is 12.6. The lowest BCUT2D eigenvalue weighted by molar-refractivity contribution is -0.136. The Kier molecular flexibility index (Phi) is 7.57. The Morgan fingerprint density at radius 1 is 1.08 bits per heavy atom. The zero-order valence-electron chi connectivity index (χ0n) is 20.9. The maximum Gasteiger partial charge on any atom is 0.404 e. The zero-order valence-corrected chi connectivity index (χ0v) is 20.9. The molecule has 11 nitrogen and oxygen atoms in total. The van der Waals surface area contributed by atoms with E-state index in [1.54, 1.807) is 12.1 Å². The third kappa shape index (κ3) is 5.63. The number of primary amides is 1. The number of nitrogens with zero attached hydrogens (tertiary/aromatic N) is 1. The average molecular weight is 523 g/mol. The number of carbonyl (C=O) groups excluding carboxylic acids is 4. The summed E-state index contributed by atoms with van der Waals surface area (Å²) in [7, 11) is 0. The quantitative estimate of drug-likeness (QED) is 0.437. The summed E-state index contributed by atoms with van der Waals surface area (Å²) in [5, 5.41) is 5.63. The highest BCUT2D eigenvalue weighted by molar-refractivity contribution is 6.05. The molecule has 2 saturated heterocycles. The van der Waals surface area contributed by atoms with E-state index in [0.717, 1.165) is 30.6 Å². The van der Waals surface area contributed by atoms with Crippen LogP contribution in [0.1, 0.15) is 45.5 Å². The fourth-order valence-electron chi connectivity index (χ4n) is 5.04. The summed E-state index contributed by atoms with van der Waals surface area (Å²) in [5.74, 6) is -0.737. The molecule has 0 radical (unpaired) electrons. The molecule has 2 atom stereocenters. The van der Waals surface area contributed by atoms with Crippen molar-refractivity contribution >= 4 is 23.8 Å². The summed E-state index contributed by atoms with van der Waals surface area (Å²) in [6.45, 7) is 2.64. The number of nitrogens with two attached hydrogens (primary N) is 1. The predicted octanol–water partition coefficient (Wildman–Crippen LogP) is 1.15. The number of imide groups is 1. The normalized spacial score (nSPS) is 21.2. The second kappa shape index (κ2) is 11.2. The van der Waals surface area contributed by atoms with Crippen LogP contribution < -0.4 is 21.1 Å². The third-order valence-electron chi connectivity index (χ3n) is 6.99. The first-order chi connectivity index (χ1) is 18.4. The van der Waals surface area contributed by atoms with Gasteiger partial charge in [-0.05, 0) is 30.0 Å². The second-order valence-electron chi connectivity index (χ2n) is 9.59. The van der Waals surface area contributed by atoms with E-state index >= 15 is 0 Å². The van der Waals surface area contributed by atoms with Crippen molar-refractivity contribution in [1.82, 2.24) is 15.5 Å². The molecule has 2 unspecified atom stereocenters. The Hall–Kier alpha value is -3.96. The number of morpholine rings is 1. The molecule has 0 aromatic heterocycles. The first-order valence-electron chi connectivity index (χ1n) is 12.6. The smallest absolute Gasteiger partial charge is 0.404 e. The lowest BCUT2D eigenvalue weighted by Crippen LogP contribution is -2.52. The molecular formula is C27H30N4O7. The van der Waals surface area contributed by atoms with Crippen LogP contribution in [0.3, 0.4) is 0 Å². The Balaban J connectivity index is 1.33. The molecule has 2 fully saturated rings. The monoisotopic (exact) mass is 522 g/mol. The van der Waals surface area contributed by atoms with Gasteiger partial charge in [0.15, 0.2) is 0 Å². The minimum absolute atomic E-state index is 0.126. The van der Waals surface area contributed by atoms with Gasteiger partial charge >= 0.3 is 6.09 Å². The fourth-order valence-corrected chi connectivity index (χ4v) is 5.04. The van der Waals surface area contributed by atoms with Gasteiger partial charge in [-0.1, -0.05) is 30.3 Å². The minimum atomic E-state index is -0.926. The molecule has 0 saturated carbocycles. The highest BCUT2D eigenvalue weighted by Gasteiger charge is 2.40. The number of hydrogen-bond acceptors (Lipinski definition) is 8. The molecule has 0 aliphatic carbocycles. The number of nitrogens with one attached hydrogen (secondary N) is 2. The summed E-state index contributed by atoms with van der Waals surface area (Å²) in [4.78, 5) is 49.9. The Morgan fingerprint density at radius 3 is 2.58 bits per heavy atom. The molecule has 2 aromatic carbocycles. The minimum Gasteiger partial charge on any atom is -0.488 e. The molecule has 0 spiro atoms. The van der Waals surface area contributed by atoms with Crippen LogP contribution in [-0.2, 0) is 45.2 Å². The number of fused-ring (bicyclic) bond motifs is 1. The van der Waals surface area contributed by atoms with Gasteiger partial charge in [0, 0.05) is 36.2 Å². The van der Waals surface area contributed by atoms with Crippen molar-refractivity contribution in [3.8, 4) is 5.75 Å². The highest BCUT2D eigenvalue weighted by Crippen LogP contribution is 2.37. The SMILES string of the molecule is NC(=O)OCc1ccc2c(c1OCc1ccc(CC3CNCCO3)cc1)CN(C1CCC(=O)NC1=O)C2=O. The van der Waals surface area contributed by atoms with Gasteiger partial charge in [0.1, 0.15) is 25.0 Å². The molecule has 200 valence electrons. The number of piperidine rings is 1. The summed E-state index contributed by atoms with van der Waals surface area (Å²) in [6, 6.07) is 10.6. The van der Waals surface area contributed by atoms with E-state index in [0.29, 0.717) is 29.0 Å². The van der Waals surface area contributed by atoms with E-state index in [-0.39, 0.29) is 50.5 Å². The molecule has 4 N–H and O–H groups in total. The summed E-state index contributed by atoms with van der Waals surface area (Å²) < 4.78 is 17.0. The van der Waals surface area contributed by atoms with Gasteiger partial charge in [0.25, 0.3) is 5.91 Å². The van der Waals surface area contributed by atoms with Gasteiger partial charge in [-0.25, -0.2) is 4.79 Å². The van der Waals surface area contributed by atoms with E-state index in [1.807, 2.05) is 24.3 Å². The van der Waals surface area contributed by atoms with Crippen LogP contribution >= 0.6 is 0 Å². The van der Waals surface area contributed by atoms with Gasteiger partial charge < -0.3 is 30.2 Å². The first kappa shape index (κ1) is 25.7. The molecule has 38 heavy (non-hydrogen) atoms. The highest BCUT2D eigenvalue weighted by atomic mass is 16.5. The molecule has 2 aromatic rings. The lowest BCUT2D eigenvalue weighted by atomic mass is 10.0. The van der Waals surface area contributed by atoms with E-state index in [1.165, 1.54) is 4.90 Å². The van der Waals surface area contributed by atoms with Gasteiger partial charge in [-0.3, -0.25) is 19.7 Å². The molecule has 3 aliphatic heterocycles. The van der Waals surface area contributed by atoms with Crippen molar-refractivity contribution in [2.45, 2.75) is 51.2 Å². The van der Waals surface area contributed by atoms with Crippen molar-refractivity contribution in [2.24, 2.45) is 5.73 Å². The maximum atomic E-state index is 13.2. The van der Waals surface area contributed by atoms with Gasteiger partial charge in [-0.2, -0.15) is 0 Å². The molecular weight excluding hydrogens is 492 g/mol. The van der Waals surface area contributed by atoms with Crippen LogP contribution in [0.25, 0.3) is 0 Å². The number of benzene rings is 2. The average Bonchev–Trinajstić information content (AvgIpc) is 3.24. The van der Waals surface area contributed by atoms with Gasteiger partial charge in [-0.15, -0.1) is 0 Å². The van der Waals surface area contributed by atoms with Crippen LogP contribution in [0.2, 0.25) is 0 Å². The van der Waals surface area contributed by atoms with Crippen molar-refractivity contribution in [3.63, 3.8) is 0 Å². The van der Waals surface area contributed by atoms with Crippen molar-refractivity contribution in [3.05, 3.63) is 64.2 Å². The topological polar surface area (TPSA) is 149 Å². The second-order valence-corrected chi connectivity index (χ2v) is 9.59. The molecule has 3 aliphatic rings. The molecule has 0 bridgehead atoms. The number of amides is 4. The van der Waals surface area contributed by atoms with E-state index < -0.39 is 18.0 Å².